The number of hydrogen-bond donors (Lipinski definition) is 3. The summed E-state index contributed by atoms with van der Waals surface area (Å²) in [6.45, 7) is 0. The first kappa shape index (κ1) is 6.71. The SMILES string of the molecule is O[P+](O)(O)n1cccc1. The Morgan fingerprint density at radius 3 is 1.67 bits per heavy atom. The van der Waals surface area contributed by atoms with Crippen LogP contribution < -0.4 is 0 Å². The summed E-state index contributed by atoms with van der Waals surface area (Å²) >= 11 is 0. The van der Waals surface area contributed by atoms with Gasteiger partial charge in [0.2, 0.25) is 0 Å². The van der Waals surface area contributed by atoms with Crippen LogP contribution in [0.15, 0.2) is 24.5 Å². The van der Waals surface area contributed by atoms with E-state index in [1.165, 1.54) is 12.4 Å². The molecule has 9 heavy (non-hydrogen) atoms. The fraction of sp³-hybridized carbons (Fsp3) is 0. The Kier molecular flexibility index (Phi) is 1.55. The first-order valence-electron chi connectivity index (χ1n) is 2.32. The first-order valence-corrected chi connectivity index (χ1v) is 3.92. The average Bonchev–Trinajstić information content (AvgIpc) is 2.08. The van der Waals surface area contributed by atoms with Crippen molar-refractivity contribution in [2.75, 3.05) is 0 Å². The highest BCUT2D eigenvalue weighted by Gasteiger charge is 2.31. The van der Waals surface area contributed by atoms with Crippen LogP contribution >= 0.6 is 8.09 Å². The molecule has 0 saturated heterocycles. The second-order valence-corrected chi connectivity index (χ2v) is 3.13. The molecular weight excluding hydrogens is 141 g/mol. The van der Waals surface area contributed by atoms with Gasteiger partial charge in [0.05, 0.1) is 12.4 Å². The van der Waals surface area contributed by atoms with Gasteiger partial charge in [0.1, 0.15) is 0 Å². The molecule has 0 aliphatic heterocycles. The van der Waals surface area contributed by atoms with E-state index in [0.717, 1.165) is 4.34 Å². The standard InChI is InChI=1S/C4H7NO3P/c6-9(7,8)5-3-1-2-4-5/h1-4,6-8H/q+1. The molecule has 0 unspecified atom stereocenters. The highest BCUT2D eigenvalue weighted by molar-refractivity contribution is 7.56. The van der Waals surface area contributed by atoms with E-state index in [1.54, 1.807) is 12.1 Å². The summed E-state index contributed by atoms with van der Waals surface area (Å²) in [6, 6.07) is 3.19. The minimum absolute atomic E-state index is 0.965. The van der Waals surface area contributed by atoms with Crippen molar-refractivity contribution in [3.05, 3.63) is 24.5 Å². The largest absolute Gasteiger partial charge is 0.526 e. The highest BCUT2D eigenvalue weighted by Crippen LogP contribution is 2.45. The monoisotopic (exact) mass is 148 g/mol. The van der Waals surface area contributed by atoms with Gasteiger partial charge < -0.3 is 0 Å². The van der Waals surface area contributed by atoms with Crippen molar-refractivity contribution in [2.24, 2.45) is 0 Å². The van der Waals surface area contributed by atoms with Crippen LogP contribution in [0.1, 0.15) is 0 Å². The van der Waals surface area contributed by atoms with Gasteiger partial charge >= 0.3 is 8.09 Å². The van der Waals surface area contributed by atoms with Crippen molar-refractivity contribution in [3.63, 3.8) is 0 Å². The van der Waals surface area contributed by atoms with Gasteiger partial charge in [-0.3, -0.25) is 0 Å². The topological polar surface area (TPSA) is 65.6 Å². The van der Waals surface area contributed by atoms with Crippen molar-refractivity contribution >= 4 is 8.09 Å². The molecule has 0 radical (unpaired) electrons. The van der Waals surface area contributed by atoms with Gasteiger partial charge in [-0.05, 0) is 12.1 Å². The van der Waals surface area contributed by atoms with E-state index in [1.807, 2.05) is 0 Å². The van der Waals surface area contributed by atoms with Crippen LogP contribution in [0.4, 0.5) is 0 Å². The number of rotatable bonds is 1. The van der Waals surface area contributed by atoms with Gasteiger partial charge in [0, 0.05) is 0 Å². The Morgan fingerprint density at radius 2 is 1.44 bits per heavy atom. The Labute approximate surface area is 52.6 Å². The third-order valence-electron chi connectivity index (χ3n) is 0.899. The number of hydrogen-bond acceptors (Lipinski definition) is 3. The van der Waals surface area contributed by atoms with Gasteiger partial charge in [0.15, 0.2) is 0 Å². The van der Waals surface area contributed by atoms with E-state index in [9.17, 15) is 0 Å². The normalized spacial score (nSPS) is 11.9. The smallest absolute Gasteiger partial charge is 0.173 e. The lowest BCUT2D eigenvalue weighted by Crippen LogP contribution is -1.97. The summed E-state index contributed by atoms with van der Waals surface area (Å²) in [6.07, 6.45) is 2.77. The van der Waals surface area contributed by atoms with Crippen LogP contribution in [0.25, 0.3) is 0 Å². The molecule has 1 heterocycles. The van der Waals surface area contributed by atoms with Crippen LogP contribution in [0.5, 0.6) is 0 Å². The van der Waals surface area contributed by atoms with Gasteiger partial charge in [-0.1, -0.05) is 0 Å². The zero-order valence-corrected chi connectivity index (χ0v) is 5.44. The van der Waals surface area contributed by atoms with E-state index in [4.69, 9.17) is 14.7 Å². The van der Waals surface area contributed by atoms with Crippen molar-refractivity contribution in [1.82, 2.24) is 4.34 Å². The maximum absolute atomic E-state index is 8.56. The zero-order chi connectivity index (χ0) is 6.91. The van der Waals surface area contributed by atoms with Crippen molar-refractivity contribution in [2.45, 2.75) is 0 Å². The Balaban J connectivity index is 2.90. The third-order valence-corrected chi connectivity index (χ3v) is 1.78. The molecule has 0 spiro atoms. The summed E-state index contributed by atoms with van der Waals surface area (Å²) in [5, 5.41) is 0. The second-order valence-electron chi connectivity index (χ2n) is 1.60. The molecule has 0 aliphatic rings. The highest BCUT2D eigenvalue weighted by atomic mass is 31.2. The average molecular weight is 148 g/mol. The fourth-order valence-electron chi connectivity index (χ4n) is 0.504. The lowest BCUT2D eigenvalue weighted by molar-refractivity contribution is 0.318. The molecule has 0 amide bonds. The van der Waals surface area contributed by atoms with Crippen LogP contribution in [-0.2, 0) is 0 Å². The molecule has 0 saturated carbocycles. The second kappa shape index (κ2) is 2.08. The molecule has 1 rings (SSSR count). The predicted octanol–water partition coefficient (Wildman–Crippen LogP) is -0.00930. The number of aromatic nitrogens is 1. The maximum Gasteiger partial charge on any atom is 0.526 e. The molecule has 0 bridgehead atoms. The van der Waals surface area contributed by atoms with Gasteiger partial charge in [-0.2, -0.15) is 19.0 Å². The summed E-state index contributed by atoms with van der Waals surface area (Å²) in [5.74, 6) is 0. The molecule has 50 valence electrons. The molecular formula is C4H7NO3P+. The fourth-order valence-corrected chi connectivity index (χ4v) is 1.02. The summed E-state index contributed by atoms with van der Waals surface area (Å²) < 4.78 is 0.965. The van der Waals surface area contributed by atoms with E-state index >= 15 is 0 Å². The molecule has 0 atom stereocenters. The third kappa shape index (κ3) is 1.50. The van der Waals surface area contributed by atoms with Crippen molar-refractivity contribution in [3.8, 4) is 0 Å². The van der Waals surface area contributed by atoms with Gasteiger partial charge in [-0.25, -0.2) is 0 Å². The van der Waals surface area contributed by atoms with E-state index in [0.29, 0.717) is 0 Å². The van der Waals surface area contributed by atoms with E-state index in [-0.39, 0.29) is 0 Å². The molecule has 1 aromatic rings. The molecule has 0 aliphatic carbocycles. The van der Waals surface area contributed by atoms with Crippen LogP contribution in [0, 0.1) is 0 Å². The van der Waals surface area contributed by atoms with E-state index < -0.39 is 8.09 Å². The van der Waals surface area contributed by atoms with Crippen molar-refractivity contribution in [1.29, 1.82) is 0 Å². The molecule has 5 heteroatoms. The maximum atomic E-state index is 8.56. The molecule has 3 N–H and O–H groups in total. The summed E-state index contributed by atoms with van der Waals surface area (Å²) in [5.41, 5.74) is 0. The predicted molar refractivity (Wildman–Crippen MR) is 33.4 cm³/mol. The van der Waals surface area contributed by atoms with Crippen LogP contribution in [0.2, 0.25) is 0 Å². The molecule has 4 nitrogen and oxygen atoms in total. The Bertz CT molecular complexity index is 178. The minimum atomic E-state index is -3.80. The Morgan fingerprint density at radius 1 is 1.00 bits per heavy atom. The van der Waals surface area contributed by atoms with E-state index in [2.05, 4.69) is 0 Å². The van der Waals surface area contributed by atoms with Gasteiger partial charge in [-0.15, -0.1) is 0 Å². The molecule has 1 aromatic heterocycles. The van der Waals surface area contributed by atoms with Gasteiger partial charge in [0.25, 0.3) is 0 Å². The van der Waals surface area contributed by atoms with Crippen molar-refractivity contribution < 1.29 is 14.7 Å². The lowest BCUT2D eigenvalue weighted by Gasteiger charge is -2.00. The molecule has 0 fully saturated rings. The quantitative estimate of drug-likeness (QED) is 0.491. The lowest BCUT2D eigenvalue weighted by atomic mass is 10.7. The first-order chi connectivity index (χ1) is 4.11. The number of nitrogens with zero attached hydrogens (tertiary/aromatic N) is 1. The molecule has 0 aromatic carbocycles. The summed E-state index contributed by atoms with van der Waals surface area (Å²) in [7, 11) is -3.80. The Hall–Kier alpha value is -0.410. The minimum Gasteiger partial charge on any atom is -0.173 e. The summed E-state index contributed by atoms with van der Waals surface area (Å²) in [4.78, 5) is 25.7. The zero-order valence-electron chi connectivity index (χ0n) is 4.55. The van der Waals surface area contributed by atoms with Crippen LogP contribution in [0.3, 0.4) is 0 Å². The van der Waals surface area contributed by atoms with Crippen LogP contribution in [-0.4, -0.2) is 19.0 Å².